The van der Waals surface area contributed by atoms with E-state index < -0.39 is 39.3 Å². The van der Waals surface area contributed by atoms with Crippen LogP contribution in [0, 0.1) is 0 Å². The predicted molar refractivity (Wildman–Crippen MR) is 111 cm³/mol. The van der Waals surface area contributed by atoms with Gasteiger partial charge in [0, 0.05) is 11.1 Å². The van der Waals surface area contributed by atoms with Crippen LogP contribution >= 0.6 is 0 Å². The molecule has 3 rings (SSSR count). The number of hydrogen-bond acceptors (Lipinski definition) is 6. The molecule has 0 saturated heterocycles. The van der Waals surface area contributed by atoms with Crippen LogP contribution in [0.2, 0.25) is 0 Å². The number of sulfonamides is 1. The zero-order valence-corrected chi connectivity index (χ0v) is 21.3. The summed E-state index contributed by atoms with van der Waals surface area (Å²) in [6.07, 6.45) is -4.86. The fraction of sp³-hybridized carbons (Fsp3) is 0.238. The fourth-order valence-corrected chi connectivity index (χ4v) is 4.19. The number of hydrogen-bond donors (Lipinski definition) is 1. The van der Waals surface area contributed by atoms with Gasteiger partial charge in [0.25, 0.3) is 10.0 Å². The molecule has 2 aromatic carbocycles. The second-order valence-electron chi connectivity index (χ2n) is 6.82. The van der Waals surface area contributed by atoms with Crippen molar-refractivity contribution in [1.82, 2.24) is 9.78 Å². The maximum Gasteiger partial charge on any atom is 1.00 e. The molecule has 0 aliphatic carbocycles. The number of methoxy groups -OCH3 is 1. The summed E-state index contributed by atoms with van der Waals surface area (Å²) in [6, 6.07) is 10.6. The molecule has 0 atom stereocenters. The van der Waals surface area contributed by atoms with E-state index in [1.54, 1.807) is 24.3 Å². The molecule has 1 N–H and O–H groups in total. The van der Waals surface area contributed by atoms with Crippen LogP contribution in [-0.4, -0.2) is 36.3 Å². The SMILES string of the molecule is CC/C([O-])=N/S(=O)(=O)c1ccc(-n2nc(C(F)(F)F)cc2-c2ccc(OC)cc2)cc1CO.[Na+]. The molecule has 3 aromatic rings. The van der Waals surface area contributed by atoms with E-state index in [1.807, 2.05) is 0 Å². The van der Waals surface area contributed by atoms with Gasteiger partial charge < -0.3 is 14.9 Å². The van der Waals surface area contributed by atoms with Crippen LogP contribution in [0.4, 0.5) is 13.2 Å². The Morgan fingerprint density at radius 3 is 2.35 bits per heavy atom. The second-order valence-corrected chi connectivity index (χ2v) is 8.39. The molecule has 1 aromatic heterocycles. The maximum atomic E-state index is 13.4. The average molecular weight is 505 g/mol. The van der Waals surface area contributed by atoms with Gasteiger partial charge in [-0.05, 0) is 60.8 Å². The van der Waals surface area contributed by atoms with Gasteiger partial charge in [-0.1, -0.05) is 6.92 Å². The fourth-order valence-electron chi connectivity index (χ4n) is 3.00. The Bertz CT molecular complexity index is 1290. The summed E-state index contributed by atoms with van der Waals surface area (Å²) in [5, 5.41) is 24.9. The Labute approximate surface area is 216 Å². The number of alkyl halides is 3. The minimum absolute atomic E-state index is 0. The number of nitrogens with zero attached hydrogens (tertiary/aromatic N) is 3. The summed E-state index contributed by atoms with van der Waals surface area (Å²) < 4.78 is 74.3. The first kappa shape index (κ1) is 27.9. The molecule has 0 radical (unpaired) electrons. The van der Waals surface area contributed by atoms with E-state index in [0.717, 1.165) is 16.8 Å². The summed E-state index contributed by atoms with van der Waals surface area (Å²) in [6.45, 7) is 0.678. The van der Waals surface area contributed by atoms with Crippen LogP contribution in [-0.2, 0) is 22.8 Å². The summed E-state index contributed by atoms with van der Waals surface area (Å²) in [5.41, 5.74) is -0.759. The number of benzene rings is 2. The Kier molecular flexibility index (Phi) is 8.94. The van der Waals surface area contributed by atoms with E-state index in [0.29, 0.717) is 11.3 Å². The van der Waals surface area contributed by atoms with E-state index in [2.05, 4.69) is 9.50 Å². The average Bonchev–Trinajstić information content (AvgIpc) is 3.24. The number of rotatable bonds is 7. The molecule has 176 valence electrons. The van der Waals surface area contributed by atoms with Crippen molar-refractivity contribution in [2.45, 2.75) is 31.0 Å². The molecule has 0 unspecified atom stereocenters. The first-order valence-electron chi connectivity index (χ1n) is 9.57. The third kappa shape index (κ3) is 5.99. The van der Waals surface area contributed by atoms with Crippen molar-refractivity contribution in [3.8, 4) is 22.7 Å². The van der Waals surface area contributed by atoms with Gasteiger partial charge in [0.15, 0.2) is 5.69 Å². The number of aliphatic hydroxyl groups excluding tert-OH is 1. The van der Waals surface area contributed by atoms with Crippen molar-refractivity contribution in [2.75, 3.05) is 7.11 Å². The summed E-state index contributed by atoms with van der Waals surface area (Å²) in [7, 11) is -2.96. The molecule has 0 fully saturated rings. The van der Waals surface area contributed by atoms with E-state index in [4.69, 9.17) is 4.74 Å². The van der Waals surface area contributed by atoms with Gasteiger partial charge in [0.2, 0.25) is 0 Å². The molecule has 0 bridgehead atoms. The summed E-state index contributed by atoms with van der Waals surface area (Å²) in [5.74, 6) is -0.366. The minimum atomic E-state index is -4.73. The summed E-state index contributed by atoms with van der Waals surface area (Å²) in [4.78, 5) is -0.426. The molecular formula is C21H19F3N3NaO5S. The molecule has 34 heavy (non-hydrogen) atoms. The Balaban J connectivity index is 0.00000408. The van der Waals surface area contributed by atoms with Gasteiger partial charge in [0.05, 0.1) is 30.0 Å². The number of halogens is 3. The maximum absolute atomic E-state index is 13.4. The van der Waals surface area contributed by atoms with Gasteiger partial charge in [-0.15, -0.1) is 0 Å². The number of aliphatic hydroxyl groups is 1. The molecule has 0 spiro atoms. The quantitative estimate of drug-likeness (QED) is 0.273. The molecule has 8 nitrogen and oxygen atoms in total. The van der Waals surface area contributed by atoms with Crippen molar-refractivity contribution >= 4 is 15.9 Å². The van der Waals surface area contributed by atoms with Crippen molar-refractivity contribution in [1.29, 1.82) is 0 Å². The predicted octanol–water partition coefficient (Wildman–Crippen LogP) is -0.0795. The largest absolute Gasteiger partial charge is 1.00 e. The Hall–Kier alpha value is -2.38. The van der Waals surface area contributed by atoms with Crippen LogP contribution in [0.25, 0.3) is 16.9 Å². The van der Waals surface area contributed by atoms with E-state index in [1.165, 1.54) is 26.2 Å². The van der Waals surface area contributed by atoms with Crippen molar-refractivity contribution in [3.05, 3.63) is 59.8 Å². The van der Waals surface area contributed by atoms with Crippen LogP contribution in [0.1, 0.15) is 24.6 Å². The van der Waals surface area contributed by atoms with E-state index in [-0.39, 0.29) is 52.9 Å². The normalized spacial score (nSPS) is 12.4. The Morgan fingerprint density at radius 1 is 1.18 bits per heavy atom. The number of ether oxygens (including phenoxy) is 1. The van der Waals surface area contributed by atoms with Crippen LogP contribution in [0.15, 0.2) is 57.8 Å². The molecule has 1 heterocycles. The second kappa shape index (κ2) is 10.9. The van der Waals surface area contributed by atoms with Gasteiger partial charge >= 0.3 is 35.7 Å². The van der Waals surface area contributed by atoms with Crippen molar-refractivity contribution in [2.24, 2.45) is 4.40 Å². The third-order valence-corrected chi connectivity index (χ3v) is 6.04. The van der Waals surface area contributed by atoms with Gasteiger partial charge in [-0.3, -0.25) is 0 Å². The number of aromatic nitrogens is 2. The molecule has 0 saturated carbocycles. The standard InChI is InChI=1S/C21H20F3N3O5S.Na/c1-3-20(29)26-33(30,31)18-9-6-15(10-14(18)12-28)27-17(11-19(25-27)21(22,23)24)13-4-7-16(32-2)8-5-13;/h4-11,28H,3,12H2,1-2H3,(H,26,29);/q;+1/p-1. The molecule has 0 aliphatic rings. The van der Waals surface area contributed by atoms with Crippen LogP contribution < -0.4 is 39.4 Å². The van der Waals surface area contributed by atoms with E-state index >= 15 is 0 Å². The first-order chi connectivity index (χ1) is 15.5. The Morgan fingerprint density at radius 2 is 1.82 bits per heavy atom. The zero-order chi connectivity index (χ0) is 24.4. The van der Waals surface area contributed by atoms with Gasteiger partial charge in [0.1, 0.15) is 5.75 Å². The molecule has 0 amide bonds. The van der Waals surface area contributed by atoms with E-state index in [9.17, 15) is 31.8 Å². The molecule has 0 aliphatic heterocycles. The smallest absolute Gasteiger partial charge is 0.861 e. The van der Waals surface area contributed by atoms with Gasteiger partial charge in [-0.2, -0.15) is 31.1 Å². The van der Waals surface area contributed by atoms with Crippen LogP contribution in [0.5, 0.6) is 5.75 Å². The summed E-state index contributed by atoms with van der Waals surface area (Å²) >= 11 is 0. The molecule has 13 heteroatoms. The molecular weight excluding hydrogens is 486 g/mol. The van der Waals surface area contributed by atoms with Crippen molar-refractivity contribution < 1.29 is 66.1 Å². The topological polar surface area (TPSA) is 117 Å². The monoisotopic (exact) mass is 505 g/mol. The third-order valence-electron chi connectivity index (χ3n) is 4.65. The van der Waals surface area contributed by atoms with Crippen LogP contribution in [0.3, 0.4) is 0 Å². The van der Waals surface area contributed by atoms with Gasteiger partial charge in [-0.25, -0.2) is 4.68 Å². The first-order valence-corrected chi connectivity index (χ1v) is 11.0. The van der Waals surface area contributed by atoms with Crippen molar-refractivity contribution in [3.63, 3.8) is 0 Å². The minimum Gasteiger partial charge on any atom is -0.861 e. The zero-order valence-electron chi connectivity index (χ0n) is 18.5.